The predicted octanol–water partition coefficient (Wildman–Crippen LogP) is 4.83. The first-order chi connectivity index (χ1) is 36.9. The summed E-state index contributed by atoms with van der Waals surface area (Å²) in [5.41, 5.74) is 6.89. The summed E-state index contributed by atoms with van der Waals surface area (Å²) >= 11 is 0. The number of esters is 1. The highest BCUT2D eigenvalue weighted by Crippen LogP contribution is 2.41. The van der Waals surface area contributed by atoms with Crippen LogP contribution >= 0.6 is 0 Å². The molecule has 4 aromatic carbocycles. The number of carbonyl (C=O) groups excluding carboxylic acids is 3. The molecule has 76 heavy (non-hydrogen) atoms. The van der Waals surface area contributed by atoms with E-state index in [1.165, 1.54) is 41.5 Å². The lowest BCUT2D eigenvalue weighted by Crippen LogP contribution is -2.38. The van der Waals surface area contributed by atoms with Crippen molar-refractivity contribution in [1.29, 1.82) is 0 Å². The van der Waals surface area contributed by atoms with Crippen molar-refractivity contribution in [2.75, 3.05) is 37.4 Å². The second-order valence-electron chi connectivity index (χ2n) is 17.0. The molecular weight excluding hydrogens is 1000 g/mol. The lowest BCUT2D eigenvalue weighted by Gasteiger charge is -2.19. The first-order valence-corrected chi connectivity index (χ1v) is 23.1. The van der Waals surface area contributed by atoms with Crippen LogP contribution in [-0.2, 0) is 33.2 Å². The highest BCUT2D eigenvalue weighted by atomic mass is 19.1. The van der Waals surface area contributed by atoms with Crippen molar-refractivity contribution in [3.8, 4) is 11.8 Å². The number of fused-ring (bicyclic) bond motifs is 4. The van der Waals surface area contributed by atoms with Crippen LogP contribution in [0.1, 0.15) is 43.5 Å². The van der Waals surface area contributed by atoms with E-state index >= 15 is 0 Å². The van der Waals surface area contributed by atoms with Crippen molar-refractivity contribution in [1.82, 2.24) is 39.0 Å². The topological polar surface area (TPSA) is 305 Å². The number of hydrogen-bond donors (Lipinski definition) is 2. The van der Waals surface area contributed by atoms with Gasteiger partial charge in [0.1, 0.15) is 69.0 Å². The van der Waals surface area contributed by atoms with E-state index in [2.05, 4.69) is 29.9 Å². The summed E-state index contributed by atoms with van der Waals surface area (Å²) in [6.45, 7) is -0.427. The second kappa shape index (κ2) is 20.8. The van der Waals surface area contributed by atoms with Gasteiger partial charge in [-0.3, -0.25) is 18.7 Å². The van der Waals surface area contributed by atoms with Crippen LogP contribution in [0.4, 0.5) is 26.4 Å². The molecule has 2 amide bonds. The molecule has 3 N–H and O–H groups in total. The number of nitrogen functional groups attached to an aromatic ring is 1. The van der Waals surface area contributed by atoms with Crippen molar-refractivity contribution < 1.29 is 71.1 Å². The Kier molecular flexibility index (Phi) is 13.5. The zero-order valence-corrected chi connectivity index (χ0v) is 39.1. The average molecular weight is 1040 g/mol. The smallest absolute Gasteiger partial charge is 0.459 e. The Hall–Kier alpha value is -8.83. The molecule has 0 aliphatic carbocycles. The molecule has 8 aromatic rings. The number of hydrogen-bond acceptors (Lipinski definition) is 21. The van der Waals surface area contributed by atoms with Gasteiger partial charge in [0.05, 0.1) is 18.5 Å². The third kappa shape index (κ3) is 9.38. The number of aliphatic hydroxyl groups is 1. The quantitative estimate of drug-likeness (QED) is 0.0716. The number of aromatic nitrogens is 8. The zero-order valence-electron chi connectivity index (χ0n) is 39.1. The minimum atomic E-state index is -0.988. The number of imide groups is 1. The van der Waals surface area contributed by atoms with Gasteiger partial charge in [-0.15, -0.1) is 0 Å². The molecule has 4 aliphatic heterocycles. The summed E-state index contributed by atoms with van der Waals surface area (Å²) in [6, 6.07) is 26.8. The first kappa shape index (κ1) is 49.4. The molecule has 25 nitrogen and oxygen atoms in total. The molecule has 27 heteroatoms. The number of amides is 2. The van der Waals surface area contributed by atoms with Crippen molar-refractivity contribution in [3.05, 3.63) is 160 Å². The molecular formula is C49H39F2N11O14. The molecule has 8 heterocycles. The number of halogens is 2. The van der Waals surface area contributed by atoms with Crippen LogP contribution < -0.4 is 15.4 Å². The number of nitrogens with two attached hydrogens (primary N) is 1. The van der Waals surface area contributed by atoms with E-state index in [-0.39, 0.29) is 77.8 Å². The number of aliphatic hydroxyl groups excluding tert-OH is 1. The number of rotatable bonds is 12. The number of anilines is 2. The molecule has 4 aliphatic rings. The van der Waals surface area contributed by atoms with Crippen LogP contribution in [-0.4, -0.2) is 130 Å². The van der Waals surface area contributed by atoms with Gasteiger partial charge in [-0.05, 0) is 63.4 Å². The van der Waals surface area contributed by atoms with Gasteiger partial charge in [0.25, 0.3) is 17.6 Å². The van der Waals surface area contributed by atoms with Crippen molar-refractivity contribution in [3.63, 3.8) is 0 Å². The van der Waals surface area contributed by atoms with Gasteiger partial charge in [-0.1, -0.05) is 54.6 Å². The Balaban J connectivity index is 0.000000181. The highest BCUT2D eigenvalue weighted by Gasteiger charge is 2.53. The summed E-state index contributed by atoms with van der Waals surface area (Å²) in [6.07, 6.45) is -2.64. The van der Waals surface area contributed by atoms with E-state index in [0.717, 1.165) is 23.1 Å². The molecule has 388 valence electrons. The van der Waals surface area contributed by atoms with Crippen molar-refractivity contribution >= 4 is 57.7 Å². The van der Waals surface area contributed by atoms with Gasteiger partial charge in [-0.2, -0.15) is 9.97 Å². The number of carbonyl (C=O) groups is 3. The number of imidazole rings is 2. The Bertz CT molecular complexity index is 3440. The average Bonchev–Trinajstić information content (AvgIpc) is 4.32. The van der Waals surface area contributed by atoms with E-state index in [9.17, 15) is 38.4 Å². The normalized spacial score (nSPS) is 22.4. The van der Waals surface area contributed by atoms with Gasteiger partial charge in [0.2, 0.25) is 5.65 Å². The largest absolute Gasteiger partial charge is 0.473 e. The Morgan fingerprint density at radius 3 is 1.84 bits per heavy atom. The Morgan fingerprint density at radius 2 is 1.25 bits per heavy atom. The van der Waals surface area contributed by atoms with Crippen molar-refractivity contribution in [2.24, 2.45) is 0 Å². The van der Waals surface area contributed by atoms with Crippen molar-refractivity contribution in [2.45, 2.75) is 49.1 Å². The molecule has 0 spiro atoms. The maximum Gasteiger partial charge on any atom is 0.473 e. The highest BCUT2D eigenvalue weighted by molar-refractivity contribution is 6.27. The van der Waals surface area contributed by atoms with Gasteiger partial charge < -0.3 is 58.8 Å². The fourth-order valence-electron chi connectivity index (χ4n) is 8.93. The first-order valence-electron chi connectivity index (χ1n) is 23.1. The number of ether oxygens (including phenoxy) is 8. The summed E-state index contributed by atoms with van der Waals surface area (Å²) in [5, 5.41) is 21.6. The fraction of sp³-hybridized carbons (Fsp3) is 0.245. The minimum Gasteiger partial charge on any atom is -0.459 e. The zero-order chi connectivity index (χ0) is 52.6. The number of nitrogens with zero attached hydrogens (tertiary/aromatic N) is 10. The van der Waals surface area contributed by atoms with E-state index < -0.39 is 95.2 Å². The van der Waals surface area contributed by atoms with Gasteiger partial charge >= 0.3 is 17.9 Å². The molecule has 8 atom stereocenters. The summed E-state index contributed by atoms with van der Waals surface area (Å²) in [7, 11) is 0. The maximum absolute atomic E-state index is 13.9. The lowest BCUT2D eigenvalue weighted by molar-refractivity contribution is -0.394. The van der Waals surface area contributed by atoms with Crippen LogP contribution in [0.5, 0.6) is 11.8 Å². The number of nitro groups is 1. The molecule has 0 radical (unpaired) electrons. The van der Waals surface area contributed by atoms with Gasteiger partial charge in [0.15, 0.2) is 46.5 Å². The van der Waals surface area contributed by atoms with Gasteiger partial charge in [0, 0.05) is 17.2 Å². The monoisotopic (exact) mass is 1040 g/mol. The predicted molar refractivity (Wildman–Crippen MR) is 253 cm³/mol. The molecule has 4 fully saturated rings. The second-order valence-corrected chi connectivity index (χ2v) is 17.0. The molecule has 0 unspecified atom stereocenters. The number of benzene rings is 4. The third-order valence-corrected chi connectivity index (χ3v) is 12.5. The lowest BCUT2D eigenvalue weighted by atomic mass is 10.1. The minimum absolute atomic E-state index is 0.0163. The van der Waals surface area contributed by atoms with Crippen LogP contribution in [0.25, 0.3) is 22.3 Å². The van der Waals surface area contributed by atoms with E-state index in [0.29, 0.717) is 5.56 Å². The molecule has 0 saturated carbocycles. The standard InChI is InChI=1S/C32H24N6O9.C17H15F2N5O5/c39-28(19-10-4-1-5-11-19)37(29(40)20-12-6-2-7-13-20)27-23-26(34-32(35-27)38(42)43)36(17-33-23)30-25-24(45-18-46-25)22(47-30)16-44-31(41)21-14-8-3-9-15-21;18-7-1-2-8(19)9(3-7)29-17-22-14(20)11-15(23-17)24(5-21-11)16-13-12(26-6-27-13)10(4-25)28-16/h1-15,17,22,24-25,30H,16,18H2;1-3,5,10,12-13,16,25H,4,6H2,(H2,20,22,23)/t22-,24-,25-,30-;10-,12-,13-,16-/m11/s1. The molecule has 4 aromatic heterocycles. The van der Waals surface area contributed by atoms with Crippen LogP contribution in [0, 0.1) is 21.7 Å². The third-order valence-electron chi connectivity index (χ3n) is 12.5. The Morgan fingerprint density at radius 1 is 0.711 bits per heavy atom. The maximum atomic E-state index is 13.9. The SMILES string of the molecule is Nc1nc(Oc2cc(F)ccc2F)nc2c1ncn2[C@@H]1O[C@H](CO)[C@H]2OCO[C@H]21.O=C(OC[C@H]1O[C@@H](n2cnc3c(N(C(=O)c4ccccc4)C(=O)c4ccccc4)nc([N+](=O)[O-])nc32)[C@@H]2OCO[C@@H]21)c1ccccc1. The van der Waals surface area contributed by atoms with Gasteiger partial charge in [-0.25, -0.2) is 28.4 Å². The van der Waals surface area contributed by atoms with E-state index in [1.54, 1.807) is 71.3 Å². The molecule has 0 bridgehead atoms. The Labute approximate surface area is 425 Å². The van der Waals surface area contributed by atoms with E-state index in [4.69, 9.17) is 43.6 Å². The summed E-state index contributed by atoms with van der Waals surface area (Å²) in [5.74, 6) is -5.27. The van der Waals surface area contributed by atoms with E-state index in [1.807, 2.05) is 0 Å². The van der Waals surface area contributed by atoms with Crippen LogP contribution in [0.2, 0.25) is 0 Å². The summed E-state index contributed by atoms with van der Waals surface area (Å²) in [4.78, 5) is 77.3. The van der Waals surface area contributed by atoms with Crippen LogP contribution in [0.3, 0.4) is 0 Å². The molecule has 4 saturated heterocycles. The molecule has 12 rings (SSSR count). The summed E-state index contributed by atoms with van der Waals surface area (Å²) < 4.78 is 75.7. The van der Waals surface area contributed by atoms with Crippen LogP contribution in [0.15, 0.2) is 122 Å². The fourth-order valence-corrected chi connectivity index (χ4v) is 8.93.